The molecule has 4 bridgehead atoms. The Bertz CT molecular complexity index is 649. The molecule has 2 amide bonds. The molecule has 5 nitrogen and oxygen atoms in total. The fourth-order valence-electron chi connectivity index (χ4n) is 5.81. The molecular formula is C20H29N3O2S. The number of nitrogens with zero attached hydrogens (tertiary/aromatic N) is 1. The second kappa shape index (κ2) is 7.29. The topological polar surface area (TPSA) is 71.1 Å². The zero-order valence-corrected chi connectivity index (χ0v) is 16.4. The lowest BCUT2D eigenvalue weighted by molar-refractivity contribution is -0.136. The lowest BCUT2D eigenvalue weighted by Crippen LogP contribution is -2.48. The fraction of sp³-hybridized carbons (Fsp3) is 0.750. The maximum absolute atomic E-state index is 12.1. The van der Waals surface area contributed by atoms with E-state index >= 15 is 0 Å². The summed E-state index contributed by atoms with van der Waals surface area (Å²) in [4.78, 5) is 28.7. The van der Waals surface area contributed by atoms with Crippen LogP contribution in [0.15, 0.2) is 5.38 Å². The van der Waals surface area contributed by atoms with Gasteiger partial charge in [-0.15, -0.1) is 11.3 Å². The fourth-order valence-corrected chi connectivity index (χ4v) is 6.64. The van der Waals surface area contributed by atoms with Crippen molar-refractivity contribution in [3.05, 3.63) is 11.1 Å². The van der Waals surface area contributed by atoms with Crippen LogP contribution in [0.5, 0.6) is 0 Å². The second-order valence-corrected chi connectivity index (χ2v) is 9.51. The summed E-state index contributed by atoms with van der Waals surface area (Å²) in [6.07, 6.45) is 11.1. The third-order valence-electron chi connectivity index (χ3n) is 6.58. The number of carbonyl (C=O) groups excluding carboxylic acids is 2. The minimum Gasteiger partial charge on any atom is -0.348 e. The summed E-state index contributed by atoms with van der Waals surface area (Å²) in [5.41, 5.74) is 1.39. The van der Waals surface area contributed by atoms with Gasteiger partial charge in [0.2, 0.25) is 0 Å². The highest BCUT2D eigenvalue weighted by molar-refractivity contribution is 7.14. The molecule has 0 spiro atoms. The normalized spacial score (nSPS) is 31.8. The highest BCUT2D eigenvalue weighted by Gasteiger charge is 2.52. The summed E-state index contributed by atoms with van der Waals surface area (Å²) in [6, 6.07) is 0. The average Bonchev–Trinajstić information content (AvgIpc) is 3.07. The maximum Gasteiger partial charge on any atom is 0.315 e. The van der Waals surface area contributed by atoms with E-state index in [0.717, 1.165) is 42.7 Å². The van der Waals surface area contributed by atoms with E-state index in [0.29, 0.717) is 11.7 Å². The van der Waals surface area contributed by atoms with Crippen molar-refractivity contribution in [2.24, 2.45) is 17.8 Å². The molecule has 4 aliphatic rings. The molecule has 2 N–H and O–H groups in total. The third kappa shape index (κ3) is 3.53. The Kier molecular flexibility index (Phi) is 5.04. The van der Waals surface area contributed by atoms with Crippen LogP contribution < -0.4 is 10.6 Å². The van der Waals surface area contributed by atoms with Gasteiger partial charge in [0, 0.05) is 17.3 Å². The molecule has 1 aromatic rings. The predicted molar refractivity (Wildman–Crippen MR) is 103 cm³/mol. The average molecular weight is 376 g/mol. The SMILES string of the molecule is CCCCCNC(=O)C(=O)Nc1nc(C23CC4CC(CC(C4)C2)C3)cs1. The van der Waals surface area contributed by atoms with Crippen molar-refractivity contribution in [2.45, 2.75) is 70.1 Å². The van der Waals surface area contributed by atoms with E-state index in [4.69, 9.17) is 4.98 Å². The number of nitrogens with one attached hydrogen (secondary N) is 2. The van der Waals surface area contributed by atoms with E-state index in [1.54, 1.807) is 0 Å². The van der Waals surface area contributed by atoms with E-state index < -0.39 is 11.8 Å². The molecule has 1 heterocycles. The Morgan fingerprint density at radius 3 is 2.38 bits per heavy atom. The number of unbranched alkanes of at least 4 members (excludes halogenated alkanes) is 2. The summed E-state index contributed by atoms with van der Waals surface area (Å²) in [5, 5.41) is 8.04. The molecule has 0 aliphatic heterocycles. The number of anilines is 1. The zero-order valence-electron chi connectivity index (χ0n) is 15.6. The molecule has 26 heavy (non-hydrogen) atoms. The highest BCUT2D eigenvalue weighted by atomic mass is 32.1. The highest BCUT2D eigenvalue weighted by Crippen LogP contribution is 2.60. The van der Waals surface area contributed by atoms with Crippen molar-refractivity contribution in [1.82, 2.24) is 10.3 Å². The van der Waals surface area contributed by atoms with Gasteiger partial charge in [-0.3, -0.25) is 14.9 Å². The monoisotopic (exact) mass is 375 g/mol. The molecule has 4 fully saturated rings. The Labute approximate surface area is 159 Å². The predicted octanol–water partition coefficient (Wildman–Crippen LogP) is 3.86. The van der Waals surface area contributed by atoms with E-state index in [2.05, 4.69) is 22.9 Å². The van der Waals surface area contributed by atoms with Crippen molar-refractivity contribution in [3.63, 3.8) is 0 Å². The number of hydrogen-bond donors (Lipinski definition) is 2. The van der Waals surface area contributed by atoms with Crippen LogP contribution >= 0.6 is 11.3 Å². The molecule has 1 aromatic heterocycles. The number of rotatable bonds is 6. The second-order valence-electron chi connectivity index (χ2n) is 8.65. The zero-order chi connectivity index (χ0) is 18.1. The first-order chi connectivity index (χ1) is 12.6. The summed E-state index contributed by atoms with van der Waals surface area (Å²) < 4.78 is 0. The molecule has 0 unspecified atom stereocenters. The third-order valence-corrected chi connectivity index (χ3v) is 7.34. The molecule has 4 aliphatic carbocycles. The van der Waals surface area contributed by atoms with Gasteiger partial charge in [-0.2, -0.15) is 0 Å². The summed E-state index contributed by atoms with van der Waals surface area (Å²) >= 11 is 1.45. The van der Waals surface area contributed by atoms with Crippen LogP contribution in [0.2, 0.25) is 0 Å². The van der Waals surface area contributed by atoms with Crippen LogP contribution in [-0.4, -0.2) is 23.3 Å². The van der Waals surface area contributed by atoms with Gasteiger partial charge in [-0.1, -0.05) is 19.8 Å². The maximum atomic E-state index is 12.1. The van der Waals surface area contributed by atoms with Crippen LogP contribution in [0, 0.1) is 17.8 Å². The van der Waals surface area contributed by atoms with Gasteiger partial charge >= 0.3 is 11.8 Å². The summed E-state index contributed by atoms with van der Waals surface area (Å²) in [6.45, 7) is 2.66. The lowest BCUT2D eigenvalue weighted by atomic mass is 9.49. The molecule has 0 saturated heterocycles. The van der Waals surface area contributed by atoms with Crippen LogP contribution in [-0.2, 0) is 15.0 Å². The Balaban J connectivity index is 1.36. The van der Waals surface area contributed by atoms with E-state index in [1.165, 1.54) is 49.9 Å². The van der Waals surface area contributed by atoms with Gasteiger partial charge in [0.1, 0.15) is 0 Å². The minimum absolute atomic E-state index is 0.233. The smallest absolute Gasteiger partial charge is 0.315 e. The van der Waals surface area contributed by atoms with Crippen LogP contribution in [0.3, 0.4) is 0 Å². The van der Waals surface area contributed by atoms with Crippen LogP contribution in [0.25, 0.3) is 0 Å². The number of carbonyl (C=O) groups is 2. The molecule has 0 aromatic carbocycles. The van der Waals surface area contributed by atoms with Crippen LogP contribution in [0.1, 0.15) is 70.4 Å². The van der Waals surface area contributed by atoms with Crippen molar-refractivity contribution >= 4 is 28.3 Å². The number of amides is 2. The molecule has 4 saturated carbocycles. The van der Waals surface area contributed by atoms with Crippen molar-refractivity contribution < 1.29 is 9.59 Å². The largest absolute Gasteiger partial charge is 0.348 e. The van der Waals surface area contributed by atoms with Crippen molar-refractivity contribution in [1.29, 1.82) is 0 Å². The van der Waals surface area contributed by atoms with Crippen molar-refractivity contribution in [3.8, 4) is 0 Å². The minimum atomic E-state index is -0.604. The number of hydrogen-bond acceptors (Lipinski definition) is 4. The van der Waals surface area contributed by atoms with Gasteiger partial charge < -0.3 is 5.32 Å². The first-order valence-corrected chi connectivity index (χ1v) is 11.0. The Morgan fingerprint density at radius 2 is 1.77 bits per heavy atom. The quantitative estimate of drug-likeness (QED) is 0.586. The molecule has 0 atom stereocenters. The van der Waals surface area contributed by atoms with Gasteiger partial charge in [0.15, 0.2) is 5.13 Å². The van der Waals surface area contributed by atoms with E-state index in [9.17, 15) is 9.59 Å². The van der Waals surface area contributed by atoms with Gasteiger partial charge in [0.05, 0.1) is 5.69 Å². The Morgan fingerprint density at radius 1 is 1.12 bits per heavy atom. The first-order valence-electron chi connectivity index (χ1n) is 10.1. The lowest BCUT2D eigenvalue weighted by Gasteiger charge is -2.56. The van der Waals surface area contributed by atoms with Crippen LogP contribution in [0.4, 0.5) is 5.13 Å². The number of aromatic nitrogens is 1. The van der Waals surface area contributed by atoms with Gasteiger partial charge in [-0.25, -0.2) is 4.98 Å². The standard InChI is InChI=1S/C20H29N3O2S/c1-2-3-4-5-21-17(24)18(25)23-19-22-16(12-26-19)20-9-13-6-14(10-20)8-15(7-13)11-20/h12-15H,2-11H2,1H3,(H,21,24)(H,22,23,25). The number of thiazole rings is 1. The van der Waals surface area contributed by atoms with Gasteiger partial charge in [0.25, 0.3) is 0 Å². The first kappa shape index (κ1) is 18.0. The molecule has 6 heteroatoms. The van der Waals surface area contributed by atoms with Gasteiger partial charge in [-0.05, 0) is 62.7 Å². The van der Waals surface area contributed by atoms with Crippen molar-refractivity contribution in [2.75, 3.05) is 11.9 Å². The molecular weight excluding hydrogens is 346 g/mol. The van der Waals surface area contributed by atoms with E-state index in [1.807, 2.05) is 0 Å². The molecule has 142 valence electrons. The summed E-state index contributed by atoms with van der Waals surface area (Å²) in [5.74, 6) is 1.44. The Hall–Kier alpha value is -1.43. The summed E-state index contributed by atoms with van der Waals surface area (Å²) in [7, 11) is 0. The molecule has 0 radical (unpaired) electrons. The van der Waals surface area contributed by atoms with E-state index in [-0.39, 0.29) is 5.41 Å². The molecule has 5 rings (SSSR count).